The average molecular weight is 285 g/mol. The molecule has 0 radical (unpaired) electrons. The molecule has 1 aliphatic heterocycles. The monoisotopic (exact) mass is 285 g/mol. The first kappa shape index (κ1) is 13.0. The van der Waals surface area contributed by atoms with E-state index in [0.29, 0.717) is 17.8 Å². The zero-order valence-corrected chi connectivity index (χ0v) is 10.9. The fourth-order valence-corrected chi connectivity index (χ4v) is 2.20. The highest BCUT2D eigenvalue weighted by Crippen LogP contribution is 2.35. The second-order valence-corrected chi connectivity index (χ2v) is 4.40. The molecule has 2 aromatic rings. The van der Waals surface area contributed by atoms with E-state index in [1.54, 1.807) is 18.2 Å². The molecule has 7 heteroatoms. The van der Waals surface area contributed by atoms with E-state index in [1.807, 2.05) is 0 Å². The van der Waals surface area contributed by atoms with Crippen molar-refractivity contribution in [2.75, 3.05) is 18.1 Å². The largest absolute Gasteiger partial charge is 0.489 e. The van der Waals surface area contributed by atoms with Crippen molar-refractivity contribution < 1.29 is 19.4 Å². The summed E-state index contributed by atoms with van der Waals surface area (Å²) in [6.45, 7) is 0.582. The van der Waals surface area contributed by atoms with Crippen molar-refractivity contribution in [1.29, 1.82) is 0 Å². The SMILES string of the molecule is O=C(O)c1cccc2c1OCCN2C(=O)c1ccnnc1. The van der Waals surface area contributed by atoms with E-state index in [4.69, 9.17) is 4.74 Å². The predicted molar refractivity (Wildman–Crippen MR) is 72.6 cm³/mol. The fraction of sp³-hybridized carbons (Fsp3) is 0.143. The zero-order valence-electron chi connectivity index (χ0n) is 10.9. The highest BCUT2D eigenvalue weighted by Gasteiger charge is 2.28. The van der Waals surface area contributed by atoms with Gasteiger partial charge in [0.25, 0.3) is 5.91 Å². The lowest BCUT2D eigenvalue weighted by molar-refractivity contribution is 0.0690. The van der Waals surface area contributed by atoms with Gasteiger partial charge in [-0.25, -0.2) is 4.79 Å². The molecule has 106 valence electrons. The first-order chi connectivity index (χ1) is 10.2. The van der Waals surface area contributed by atoms with Crippen LogP contribution in [-0.4, -0.2) is 40.3 Å². The first-order valence-corrected chi connectivity index (χ1v) is 6.26. The summed E-state index contributed by atoms with van der Waals surface area (Å²) in [4.78, 5) is 25.2. The van der Waals surface area contributed by atoms with Crippen LogP contribution in [0.1, 0.15) is 20.7 Å². The van der Waals surface area contributed by atoms with Crippen LogP contribution in [0.15, 0.2) is 36.7 Å². The molecule has 0 atom stereocenters. The van der Waals surface area contributed by atoms with Crippen LogP contribution in [0.3, 0.4) is 0 Å². The number of hydrogen-bond donors (Lipinski definition) is 1. The van der Waals surface area contributed by atoms with Crippen LogP contribution in [0.5, 0.6) is 5.75 Å². The summed E-state index contributed by atoms with van der Waals surface area (Å²) in [5, 5.41) is 16.5. The molecule has 0 saturated carbocycles. The van der Waals surface area contributed by atoms with Crippen molar-refractivity contribution in [2.45, 2.75) is 0 Å². The summed E-state index contributed by atoms with van der Waals surface area (Å²) in [6, 6.07) is 6.25. The Bertz CT molecular complexity index is 703. The third-order valence-electron chi connectivity index (χ3n) is 3.15. The Morgan fingerprint density at radius 2 is 2.10 bits per heavy atom. The molecule has 7 nitrogen and oxygen atoms in total. The molecule has 0 fully saturated rings. The molecule has 0 spiro atoms. The Morgan fingerprint density at radius 1 is 1.24 bits per heavy atom. The Kier molecular flexibility index (Phi) is 3.23. The minimum Gasteiger partial charge on any atom is -0.489 e. The summed E-state index contributed by atoms with van der Waals surface area (Å²) in [5.41, 5.74) is 0.874. The third-order valence-corrected chi connectivity index (χ3v) is 3.15. The molecule has 21 heavy (non-hydrogen) atoms. The number of amides is 1. The number of fused-ring (bicyclic) bond motifs is 1. The van der Waals surface area contributed by atoms with Crippen LogP contribution >= 0.6 is 0 Å². The van der Waals surface area contributed by atoms with E-state index < -0.39 is 5.97 Å². The number of nitrogens with zero attached hydrogens (tertiary/aromatic N) is 3. The van der Waals surface area contributed by atoms with Crippen LogP contribution in [0.25, 0.3) is 0 Å². The summed E-state index contributed by atoms with van der Waals surface area (Å²) in [5.74, 6) is -1.14. The summed E-state index contributed by atoms with van der Waals surface area (Å²) in [7, 11) is 0. The highest BCUT2D eigenvalue weighted by molar-refractivity contribution is 6.08. The number of aromatic carboxylic acids is 1. The molecule has 2 heterocycles. The van der Waals surface area contributed by atoms with Gasteiger partial charge in [-0.2, -0.15) is 10.2 Å². The van der Waals surface area contributed by atoms with Crippen LogP contribution in [0, 0.1) is 0 Å². The molecule has 0 unspecified atom stereocenters. The van der Waals surface area contributed by atoms with E-state index in [9.17, 15) is 14.7 Å². The molecule has 0 saturated heterocycles. The van der Waals surface area contributed by atoms with Gasteiger partial charge in [-0.3, -0.25) is 4.79 Å². The number of carboxylic acid groups (broad SMARTS) is 1. The summed E-state index contributed by atoms with van der Waals surface area (Å²) < 4.78 is 5.43. The molecular formula is C14H11N3O4. The quantitative estimate of drug-likeness (QED) is 0.891. The maximum Gasteiger partial charge on any atom is 0.339 e. The van der Waals surface area contributed by atoms with Crippen LogP contribution in [-0.2, 0) is 0 Å². The second-order valence-electron chi connectivity index (χ2n) is 4.40. The van der Waals surface area contributed by atoms with Crippen LogP contribution in [0.4, 0.5) is 5.69 Å². The van der Waals surface area contributed by atoms with Gasteiger partial charge in [0.1, 0.15) is 12.2 Å². The summed E-state index contributed by atoms with van der Waals surface area (Å²) in [6.07, 6.45) is 2.81. The minimum atomic E-state index is -1.09. The molecule has 0 bridgehead atoms. The zero-order chi connectivity index (χ0) is 14.8. The van der Waals surface area contributed by atoms with Crippen LogP contribution in [0.2, 0.25) is 0 Å². The van der Waals surface area contributed by atoms with E-state index in [1.165, 1.54) is 23.4 Å². The lowest BCUT2D eigenvalue weighted by Gasteiger charge is -2.30. The summed E-state index contributed by atoms with van der Waals surface area (Å²) >= 11 is 0. The van der Waals surface area contributed by atoms with Gasteiger partial charge >= 0.3 is 5.97 Å². The van der Waals surface area contributed by atoms with Gasteiger partial charge in [-0.05, 0) is 18.2 Å². The van der Waals surface area contributed by atoms with Gasteiger partial charge in [-0.1, -0.05) is 6.07 Å². The number of carbonyl (C=O) groups excluding carboxylic acids is 1. The molecular weight excluding hydrogens is 274 g/mol. The molecule has 1 aromatic carbocycles. The maximum atomic E-state index is 12.5. The van der Waals surface area contributed by atoms with E-state index >= 15 is 0 Å². The minimum absolute atomic E-state index is 0.0397. The van der Waals surface area contributed by atoms with Crippen molar-refractivity contribution >= 4 is 17.6 Å². The van der Waals surface area contributed by atoms with Gasteiger partial charge in [0.05, 0.1) is 30.2 Å². The van der Waals surface area contributed by atoms with Crippen molar-refractivity contribution in [3.63, 3.8) is 0 Å². The average Bonchev–Trinajstić information content (AvgIpc) is 2.53. The van der Waals surface area contributed by atoms with Crippen molar-refractivity contribution in [3.8, 4) is 5.75 Å². The smallest absolute Gasteiger partial charge is 0.339 e. The molecule has 1 aliphatic rings. The normalized spacial score (nSPS) is 13.2. The Morgan fingerprint density at radius 3 is 2.81 bits per heavy atom. The van der Waals surface area contributed by atoms with E-state index in [2.05, 4.69) is 10.2 Å². The van der Waals surface area contributed by atoms with Crippen molar-refractivity contribution in [3.05, 3.63) is 47.8 Å². The molecule has 1 aromatic heterocycles. The van der Waals surface area contributed by atoms with Crippen molar-refractivity contribution in [2.24, 2.45) is 0 Å². The Hall–Kier alpha value is -2.96. The first-order valence-electron chi connectivity index (χ1n) is 6.26. The predicted octanol–water partition coefficient (Wildman–Crippen LogP) is 1.21. The second kappa shape index (κ2) is 5.20. The topological polar surface area (TPSA) is 92.6 Å². The molecule has 3 rings (SSSR count). The molecule has 1 amide bonds. The Labute approximate surface area is 119 Å². The van der Waals surface area contributed by atoms with Gasteiger partial charge in [0, 0.05) is 0 Å². The van der Waals surface area contributed by atoms with Gasteiger partial charge in [0.2, 0.25) is 0 Å². The number of rotatable bonds is 2. The number of ether oxygens (including phenoxy) is 1. The van der Waals surface area contributed by atoms with Crippen molar-refractivity contribution in [1.82, 2.24) is 10.2 Å². The van der Waals surface area contributed by atoms with E-state index in [0.717, 1.165) is 0 Å². The molecule has 1 N–H and O–H groups in total. The van der Waals surface area contributed by atoms with Gasteiger partial charge in [0.15, 0.2) is 5.75 Å². The standard InChI is InChI=1S/C14H11N3O4/c18-13(9-4-5-15-16-8-9)17-6-7-21-12-10(14(19)20)2-1-3-11(12)17/h1-5,8H,6-7H2,(H,19,20). The van der Waals surface area contributed by atoms with Gasteiger partial charge < -0.3 is 14.7 Å². The lowest BCUT2D eigenvalue weighted by atomic mass is 10.1. The van der Waals surface area contributed by atoms with E-state index in [-0.39, 0.29) is 23.8 Å². The van der Waals surface area contributed by atoms with Gasteiger partial charge in [-0.15, -0.1) is 0 Å². The number of aromatic nitrogens is 2. The number of carboxylic acids is 1. The number of para-hydroxylation sites is 1. The number of carbonyl (C=O) groups is 2. The lowest BCUT2D eigenvalue weighted by Crippen LogP contribution is -2.38. The molecule has 0 aliphatic carbocycles. The fourth-order valence-electron chi connectivity index (χ4n) is 2.20. The van der Waals surface area contributed by atoms with Crippen LogP contribution < -0.4 is 9.64 Å². The third kappa shape index (κ3) is 2.29. The maximum absolute atomic E-state index is 12.5. The Balaban J connectivity index is 2.04. The number of anilines is 1. The number of hydrogen-bond acceptors (Lipinski definition) is 5. The number of benzene rings is 1. The highest BCUT2D eigenvalue weighted by atomic mass is 16.5.